The summed E-state index contributed by atoms with van der Waals surface area (Å²) >= 11 is 1.39. The van der Waals surface area contributed by atoms with E-state index in [1.54, 1.807) is 7.11 Å². The number of anilines is 1. The van der Waals surface area contributed by atoms with E-state index in [4.69, 9.17) is 15.2 Å². The van der Waals surface area contributed by atoms with E-state index >= 15 is 0 Å². The molecule has 3 rings (SSSR count). The number of nitrogens with two attached hydrogens (primary N) is 1. The van der Waals surface area contributed by atoms with E-state index in [-0.39, 0.29) is 17.6 Å². The number of fused-ring (bicyclic) bond motifs is 1. The minimum Gasteiger partial charge on any atom is -0.497 e. The monoisotopic (exact) mass is 361 g/mol. The summed E-state index contributed by atoms with van der Waals surface area (Å²) in [6.45, 7) is 4.04. The van der Waals surface area contributed by atoms with Crippen molar-refractivity contribution in [2.24, 2.45) is 0 Å². The van der Waals surface area contributed by atoms with E-state index in [1.807, 2.05) is 37.4 Å². The summed E-state index contributed by atoms with van der Waals surface area (Å²) in [6, 6.07) is 5.62. The fourth-order valence-corrected chi connectivity index (χ4v) is 3.63. The molecule has 1 amide bonds. The molecule has 25 heavy (non-hydrogen) atoms. The summed E-state index contributed by atoms with van der Waals surface area (Å²) in [7, 11) is 1.63. The summed E-state index contributed by atoms with van der Waals surface area (Å²) in [5, 5.41) is 5.55. The van der Waals surface area contributed by atoms with E-state index in [0.29, 0.717) is 24.4 Å². The molecule has 2 heterocycles. The summed E-state index contributed by atoms with van der Waals surface area (Å²) in [5.41, 5.74) is 7.10. The van der Waals surface area contributed by atoms with Crippen molar-refractivity contribution in [2.75, 3.05) is 12.8 Å². The van der Waals surface area contributed by atoms with Gasteiger partial charge in [0.1, 0.15) is 17.1 Å². The van der Waals surface area contributed by atoms with Gasteiger partial charge in [0.05, 0.1) is 18.8 Å². The molecule has 3 N–H and O–H groups in total. The van der Waals surface area contributed by atoms with Crippen LogP contribution in [0, 0.1) is 0 Å². The van der Waals surface area contributed by atoms with Crippen LogP contribution in [0.5, 0.6) is 11.5 Å². The van der Waals surface area contributed by atoms with Crippen molar-refractivity contribution in [3.05, 3.63) is 34.8 Å². The zero-order valence-electron chi connectivity index (χ0n) is 14.7. The number of aryl methyl sites for hydroxylation is 1. The first-order valence-electron chi connectivity index (χ1n) is 8.22. The molecule has 1 aromatic carbocycles. The number of ether oxygens (including phenoxy) is 2. The Morgan fingerprint density at radius 1 is 1.52 bits per heavy atom. The van der Waals surface area contributed by atoms with Crippen molar-refractivity contribution in [3.63, 3.8) is 0 Å². The largest absolute Gasteiger partial charge is 0.497 e. The number of thiazole rings is 1. The number of carbonyl (C=O) groups excluding carboxylic acids is 1. The molecule has 1 atom stereocenters. The highest BCUT2D eigenvalue weighted by Crippen LogP contribution is 2.41. The molecule has 1 aromatic heterocycles. The lowest BCUT2D eigenvalue weighted by Gasteiger charge is -2.38. The van der Waals surface area contributed by atoms with Gasteiger partial charge in [-0.15, -0.1) is 11.3 Å². The van der Waals surface area contributed by atoms with Crippen molar-refractivity contribution < 1.29 is 14.3 Å². The van der Waals surface area contributed by atoms with Gasteiger partial charge in [0.2, 0.25) is 5.91 Å². The fourth-order valence-electron chi connectivity index (χ4n) is 3.03. The maximum atomic E-state index is 12.4. The number of nitrogens with one attached hydrogen (secondary N) is 1. The number of nitrogens with zero attached hydrogens (tertiary/aromatic N) is 1. The zero-order valence-corrected chi connectivity index (χ0v) is 15.5. The molecule has 6 nitrogen and oxygen atoms in total. The van der Waals surface area contributed by atoms with Crippen molar-refractivity contribution in [3.8, 4) is 11.5 Å². The van der Waals surface area contributed by atoms with E-state index in [9.17, 15) is 4.79 Å². The SMILES string of the molecule is COc1ccc2c(c1)OC(C)(C)C[C@H]2NC(=O)CCc1csc(N)n1. The maximum absolute atomic E-state index is 12.4. The number of aromatic nitrogens is 1. The minimum absolute atomic E-state index is 0.00367. The van der Waals surface area contributed by atoms with Gasteiger partial charge in [0.15, 0.2) is 5.13 Å². The number of carbonyl (C=O) groups is 1. The third-order valence-electron chi connectivity index (χ3n) is 4.19. The second kappa shape index (κ2) is 6.92. The lowest BCUT2D eigenvalue weighted by molar-refractivity contribution is -0.122. The first-order valence-corrected chi connectivity index (χ1v) is 9.10. The standard InChI is InChI=1S/C18H23N3O3S/c1-18(2)9-14(13-6-5-12(23-3)8-15(13)24-18)21-16(22)7-4-11-10-25-17(19)20-11/h5-6,8,10,14H,4,7,9H2,1-3H3,(H2,19,20)(H,21,22)/t14-/m1/s1. The van der Waals surface area contributed by atoms with Crippen molar-refractivity contribution in [1.82, 2.24) is 10.3 Å². The lowest BCUT2D eigenvalue weighted by atomic mass is 9.89. The molecular weight excluding hydrogens is 338 g/mol. The Morgan fingerprint density at radius 2 is 2.32 bits per heavy atom. The van der Waals surface area contributed by atoms with Gasteiger partial charge in [-0.2, -0.15) is 0 Å². The predicted molar refractivity (Wildman–Crippen MR) is 98.0 cm³/mol. The van der Waals surface area contributed by atoms with Crippen molar-refractivity contribution in [1.29, 1.82) is 0 Å². The first-order chi connectivity index (χ1) is 11.9. The molecule has 0 saturated heterocycles. The second-order valence-electron chi connectivity index (χ2n) is 6.77. The number of rotatable bonds is 5. The lowest BCUT2D eigenvalue weighted by Crippen LogP contribution is -2.41. The molecule has 0 saturated carbocycles. The topological polar surface area (TPSA) is 86.5 Å². The molecule has 0 fully saturated rings. The quantitative estimate of drug-likeness (QED) is 0.855. The molecule has 0 unspecified atom stereocenters. The van der Waals surface area contributed by atoms with Gasteiger partial charge in [-0.05, 0) is 32.4 Å². The smallest absolute Gasteiger partial charge is 0.220 e. The van der Waals surface area contributed by atoms with E-state index in [1.165, 1.54) is 11.3 Å². The summed E-state index contributed by atoms with van der Waals surface area (Å²) in [4.78, 5) is 16.6. The highest BCUT2D eigenvalue weighted by Gasteiger charge is 2.34. The van der Waals surface area contributed by atoms with Gasteiger partial charge < -0.3 is 20.5 Å². The normalized spacial score (nSPS) is 18.1. The van der Waals surface area contributed by atoms with Gasteiger partial charge in [0.25, 0.3) is 0 Å². The number of nitrogen functional groups attached to an aromatic ring is 1. The minimum atomic E-state index is -0.360. The van der Waals surface area contributed by atoms with Crippen LogP contribution in [0.3, 0.4) is 0 Å². The summed E-state index contributed by atoms with van der Waals surface area (Å²) in [6.07, 6.45) is 1.68. The number of hydrogen-bond donors (Lipinski definition) is 2. The van der Waals surface area contributed by atoms with Gasteiger partial charge in [-0.25, -0.2) is 4.98 Å². The molecule has 134 valence electrons. The molecule has 0 bridgehead atoms. The van der Waals surface area contributed by atoms with Gasteiger partial charge in [0, 0.05) is 29.9 Å². The molecule has 2 aromatic rings. The van der Waals surface area contributed by atoms with Crippen LogP contribution >= 0.6 is 11.3 Å². The van der Waals surface area contributed by atoms with Crippen LogP contribution in [0.25, 0.3) is 0 Å². The average molecular weight is 361 g/mol. The maximum Gasteiger partial charge on any atom is 0.220 e. The van der Waals surface area contributed by atoms with E-state index in [2.05, 4.69) is 10.3 Å². The third-order valence-corrected chi connectivity index (χ3v) is 4.91. The van der Waals surface area contributed by atoms with Crippen LogP contribution in [0.4, 0.5) is 5.13 Å². The van der Waals surface area contributed by atoms with Crippen LogP contribution in [0.2, 0.25) is 0 Å². The summed E-state index contributed by atoms with van der Waals surface area (Å²) in [5.74, 6) is 1.49. The van der Waals surface area contributed by atoms with Crippen LogP contribution in [0.1, 0.15) is 44.0 Å². The number of benzene rings is 1. The molecule has 1 aliphatic heterocycles. The second-order valence-corrected chi connectivity index (χ2v) is 7.66. The van der Waals surface area contributed by atoms with Crippen LogP contribution in [-0.4, -0.2) is 23.6 Å². The van der Waals surface area contributed by atoms with E-state index < -0.39 is 0 Å². The van der Waals surface area contributed by atoms with Crippen LogP contribution in [-0.2, 0) is 11.2 Å². The zero-order chi connectivity index (χ0) is 18.0. The number of methoxy groups -OCH3 is 1. The number of hydrogen-bond acceptors (Lipinski definition) is 6. The first kappa shape index (κ1) is 17.5. The Balaban J connectivity index is 1.70. The molecule has 0 radical (unpaired) electrons. The third kappa shape index (κ3) is 4.22. The molecule has 1 aliphatic rings. The van der Waals surface area contributed by atoms with Crippen LogP contribution in [0.15, 0.2) is 23.6 Å². The molecular formula is C18H23N3O3S. The fraction of sp³-hybridized carbons (Fsp3) is 0.444. The Labute approximate surface area is 151 Å². The van der Waals surface area contributed by atoms with Gasteiger partial charge >= 0.3 is 0 Å². The highest BCUT2D eigenvalue weighted by atomic mass is 32.1. The molecule has 0 spiro atoms. The molecule has 7 heteroatoms. The van der Waals surface area contributed by atoms with Gasteiger partial charge in [-0.3, -0.25) is 4.79 Å². The van der Waals surface area contributed by atoms with E-state index in [0.717, 1.165) is 22.8 Å². The average Bonchev–Trinajstić information content (AvgIpc) is 2.96. The Morgan fingerprint density at radius 3 is 3.00 bits per heavy atom. The highest BCUT2D eigenvalue weighted by molar-refractivity contribution is 7.13. The van der Waals surface area contributed by atoms with Crippen molar-refractivity contribution in [2.45, 2.75) is 44.8 Å². The van der Waals surface area contributed by atoms with Crippen LogP contribution < -0.4 is 20.5 Å². The molecule has 0 aliphatic carbocycles. The van der Waals surface area contributed by atoms with Gasteiger partial charge in [-0.1, -0.05) is 0 Å². The predicted octanol–water partition coefficient (Wildman–Crippen LogP) is 3.09. The summed E-state index contributed by atoms with van der Waals surface area (Å²) < 4.78 is 11.3. The van der Waals surface area contributed by atoms with Crippen molar-refractivity contribution >= 4 is 22.4 Å². The Hall–Kier alpha value is -2.28. The number of amides is 1. The Bertz CT molecular complexity index is 773. The Kier molecular flexibility index (Phi) is 4.85.